The van der Waals surface area contributed by atoms with Gasteiger partial charge < -0.3 is 24.7 Å². The number of aromatic nitrogens is 4. The first-order valence-electron chi connectivity index (χ1n) is 11.1. The highest BCUT2D eigenvalue weighted by molar-refractivity contribution is 5.82. The average Bonchev–Trinajstić information content (AvgIpc) is 3.17. The number of fused-ring (bicyclic) bond motifs is 1. The molecule has 1 fully saturated rings. The molecule has 2 N–H and O–H groups in total. The Morgan fingerprint density at radius 2 is 1.83 bits per heavy atom. The molecule has 1 saturated heterocycles. The van der Waals surface area contributed by atoms with Crippen LogP contribution in [0.4, 0.5) is 24.8 Å². The molecular formula is C24H23F3N6O2. The van der Waals surface area contributed by atoms with Crippen molar-refractivity contribution in [2.45, 2.75) is 32.2 Å². The second kappa shape index (κ2) is 9.41. The van der Waals surface area contributed by atoms with Crippen molar-refractivity contribution < 1.29 is 22.6 Å². The molecule has 0 unspecified atom stereocenters. The number of hydrogen-bond donors (Lipinski definition) is 2. The minimum Gasteiger partial charge on any atom is -0.424 e. The van der Waals surface area contributed by atoms with Crippen LogP contribution in [-0.4, -0.2) is 38.8 Å². The zero-order chi connectivity index (χ0) is 24.4. The Morgan fingerprint density at radius 3 is 2.46 bits per heavy atom. The fourth-order valence-corrected chi connectivity index (χ4v) is 3.70. The number of ether oxygens (including phenoxy) is 2. The van der Waals surface area contributed by atoms with Gasteiger partial charge in [0.25, 0.3) is 0 Å². The van der Waals surface area contributed by atoms with Gasteiger partial charge in [-0.25, -0.2) is 15.0 Å². The van der Waals surface area contributed by atoms with Crippen LogP contribution in [0, 0.1) is 0 Å². The third-order valence-electron chi connectivity index (χ3n) is 5.61. The normalized spacial score (nSPS) is 14.1. The molecule has 0 saturated carbocycles. The number of nitrogens with one attached hydrogen (secondary N) is 2. The molecule has 3 heterocycles. The van der Waals surface area contributed by atoms with Gasteiger partial charge in [-0.3, -0.25) is 0 Å². The zero-order valence-electron chi connectivity index (χ0n) is 18.8. The lowest BCUT2D eigenvalue weighted by atomic mass is 10.2. The standard InChI is InChI=1S/C24H23F3N6O2/c1-2-33-21-9-17(31-18-13-34-14-18)5-8-20(21)32-22(33)28-10-15-3-6-19(7-4-15)35-23-29-11-16(12-30-23)24(25,26)27/h3-9,11-12,18,31H,2,10,13-14H2,1H3,(H,28,32). The molecule has 5 rings (SSSR count). The third kappa shape index (κ3) is 5.14. The van der Waals surface area contributed by atoms with E-state index in [0.29, 0.717) is 30.7 Å². The minimum absolute atomic E-state index is 0.153. The maximum absolute atomic E-state index is 12.6. The summed E-state index contributed by atoms with van der Waals surface area (Å²) in [5, 5.41) is 6.84. The molecule has 0 amide bonds. The molecule has 11 heteroatoms. The van der Waals surface area contributed by atoms with Gasteiger partial charge in [-0.2, -0.15) is 13.2 Å². The predicted molar refractivity (Wildman–Crippen MR) is 125 cm³/mol. The predicted octanol–water partition coefficient (Wildman–Crippen LogP) is 5.08. The third-order valence-corrected chi connectivity index (χ3v) is 5.61. The molecule has 1 aliphatic heterocycles. The molecule has 35 heavy (non-hydrogen) atoms. The monoisotopic (exact) mass is 484 g/mol. The van der Waals surface area contributed by atoms with Gasteiger partial charge >= 0.3 is 12.2 Å². The summed E-state index contributed by atoms with van der Waals surface area (Å²) in [4.78, 5) is 12.0. The smallest absolute Gasteiger partial charge is 0.419 e. The number of imidazole rings is 1. The van der Waals surface area contributed by atoms with E-state index in [2.05, 4.69) is 38.2 Å². The number of alkyl halides is 3. The van der Waals surface area contributed by atoms with Gasteiger partial charge in [0, 0.05) is 31.2 Å². The van der Waals surface area contributed by atoms with Crippen LogP contribution in [0.5, 0.6) is 11.8 Å². The Labute approximate surface area is 199 Å². The lowest BCUT2D eigenvalue weighted by molar-refractivity contribution is -0.138. The Morgan fingerprint density at radius 1 is 1.09 bits per heavy atom. The van der Waals surface area contributed by atoms with Crippen molar-refractivity contribution in [3.63, 3.8) is 0 Å². The number of halogens is 3. The van der Waals surface area contributed by atoms with Gasteiger partial charge in [0.1, 0.15) is 5.75 Å². The largest absolute Gasteiger partial charge is 0.424 e. The van der Waals surface area contributed by atoms with E-state index in [1.54, 1.807) is 12.1 Å². The average molecular weight is 484 g/mol. The van der Waals surface area contributed by atoms with E-state index in [4.69, 9.17) is 14.5 Å². The van der Waals surface area contributed by atoms with Crippen LogP contribution in [0.2, 0.25) is 0 Å². The molecule has 0 radical (unpaired) electrons. The summed E-state index contributed by atoms with van der Waals surface area (Å²) in [6, 6.07) is 13.5. The van der Waals surface area contributed by atoms with Crippen molar-refractivity contribution in [2.24, 2.45) is 0 Å². The van der Waals surface area contributed by atoms with Crippen LogP contribution in [0.25, 0.3) is 11.0 Å². The highest BCUT2D eigenvalue weighted by Crippen LogP contribution is 2.29. The van der Waals surface area contributed by atoms with Crippen molar-refractivity contribution in [3.05, 3.63) is 66.0 Å². The summed E-state index contributed by atoms with van der Waals surface area (Å²) >= 11 is 0. The number of benzene rings is 2. The minimum atomic E-state index is -4.49. The van der Waals surface area contributed by atoms with Crippen LogP contribution in [0.3, 0.4) is 0 Å². The number of nitrogens with zero attached hydrogens (tertiary/aromatic N) is 4. The van der Waals surface area contributed by atoms with Crippen LogP contribution in [0.15, 0.2) is 54.9 Å². The quantitative estimate of drug-likeness (QED) is 0.361. The first-order valence-corrected chi connectivity index (χ1v) is 11.1. The maximum atomic E-state index is 12.6. The molecule has 0 aliphatic carbocycles. The summed E-state index contributed by atoms with van der Waals surface area (Å²) in [5.74, 6) is 1.19. The van der Waals surface area contributed by atoms with Crippen LogP contribution >= 0.6 is 0 Å². The summed E-state index contributed by atoms with van der Waals surface area (Å²) in [5.41, 5.74) is 3.04. The highest BCUT2D eigenvalue weighted by Gasteiger charge is 2.31. The van der Waals surface area contributed by atoms with Gasteiger partial charge in [-0.15, -0.1) is 0 Å². The van der Waals surface area contributed by atoms with E-state index < -0.39 is 11.7 Å². The zero-order valence-corrected chi connectivity index (χ0v) is 18.8. The second-order valence-electron chi connectivity index (χ2n) is 8.11. The van der Waals surface area contributed by atoms with E-state index in [1.807, 2.05) is 24.3 Å². The number of hydrogen-bond acceptors (Lipinski definition) is 7. The first kappa shape index (κ1) is 22.9. The van der Waals surface area contributed by atoms with Crippen molar-refractivity contribution >= 4 is 22.7 Å². The molecular weight excluding hydrogens is 461 g/mol. The fourth-order valence-electron chi connectivity index (χ4n) is 3.70. The van der Waals surface area contributed by atoms with E-state index in [-0.39, 0.29) is 6.01 Å². The first-order chi connectivity index (χ1) is 16.9. The summed E-state index contributed by atoms with van der Waals surface area (Å²) in [7, 11) is 0. The second-order valence-corrected chi connectivity index (χ2v) is 8.11. The van der Waals surface area contributed by atoms with Crippen molar-refractivity contribution in [1.29, 1.82) is 0 Å². The van der Waals surface area contributed by atoms with Crippen molar-refractivity contribution in [3.8, 4) is 11.8 Å². The van der Waals surface area contributed by atoms with Crippen LogP contribution < -0.4 is 15.4 Å². The molecule has 0 atom stereocenters. The van der Waals surface area contributed by atoms with Gasteiger partial charge in [-0.1, -0.05) is 12.1 Å². The molecule has 0 bridgehead atoms. The lowest BCUT2D eigenvalue weighted by Crippen LogP contribution is -2.40. The molecule has 4 aromatic rings. The van der Waals surface area contributed by atoms with Crippen molar-refractivity contribution in [1.82, 2.24) is 19.5 Å². The van der Waals surface area contributed by atoms with Crippen LogP contribution in [-0.2, 0) is 24.0 Å². The van der Waals surface area contributed by atoms with E-state index in [0.717, 1.165) is 48.0 Å². The van der Waals surface area contributed by atoms with E-state index in [9.17, 15) is 13.2 Å². The SMILES string of the molecule is CCn1c(NCc2ccc(Oc3ncc(C(F)(F)F)cn3)cc2)nc2ccc(NC3COC3)cc21. The fraction of sp³-hybridized carbons (Fsp3) is 0.292. The van der Waals surface area contributed by atoms with Gasteiger partial charge in [0.05, 0.1) is 35.9 Å². The topological polar surface area (TPSA) is 86.1 Å². The van der Waals surface area contributed by atoms with E-state index in [1.165, 1.54) is 0 Å². The molecule has 1 aliphatic rings. The Bertz CT molecular complexity index is 1300. The number of aryl methyl sites for hydroxylation is 1. The lowest BCUT2D eigenvalue weighted by Gasteiger charge is -2.27. The van der Waals surface area contributed by atoms with Gasteiger partial charge in [0.15, 0.2) is 0 Å². The molecule has 0 spiro atoms. The Kier molecular flexibility index (Phi) is 6.16. The van der Waals surface area contributed by atoms with Crippen molar-refractivity contribution in [2.75, 3.05) is 23.8 Å². The van der Waals surface area contributed by atoms with Gasteiger partial charge in [-0.05, 0) is 42.8 Å². The molecule has 8 nitrogen and oxygen atoms in total. The van der Waals surface area contributed by atoms with Crippen LogP contribution in [0.1, 0.15) is 18.1 Å². The maximum Gasteiger partial charge on any atom is 0.419 e. The Balaban J connectivity index is 1.23. The molecule has 182 valence electrons. The highest BCUT2D eigenvalue weighted by atomic mass is 19.4. The molecule has 2 aromatic heterocycles. The Hall–Kier alpha value is -3.86. The number of rotatable bonds is 8. The summed E-state index contributed by atoms with van der Waals surface area (Å²) < 4.78 is 50.7. The van der Waals surface area contributed by atoms with Gasteiger partial charge in [0.2, 0.25) is 5.95 Å². The summed E-state index contributed by atoms with van der Waals surface area (Å²) in [6.45, 7) is 4.80. The summed E-state index contributed by atoms with van der Waals surface area (Å²) in [6.07, 6.45) is -3.10. The van der Waals surface area contributed by atoms with E-state index >= 15 is 0 Å². The molecule has 2 aromatic carbocycles. The number of anilines is 2.